The van der Waals surface area contributed by atoms with Crippen LogP contribution in [0.1, 0.15) is 31.3 Å². The number of hydrogen-bond donors (Lipinski definition) is 0. The Morgan fingerprint density at radius 1 is 1.14 bits per heavy atom. The Hall–Kier alpha value is -3.20. The van der Waals surface area contributed by atoms with Crippen LogP contribution in [0.5, 0.6) is 5.75 Å². The van der Waals surface area contributed by atoms with Gasteiger partial charge in [-0.05, 0) is 44.9 Å². The predicted octanol–water partition coefficient (Wildman–Crippen LogP) is 2.63. The lowest BCUT2D eigenvalue weighted by Crippen LogP contribution is -2.52. The highest BCUT2D eigenvalue weighted by Crippen LogP contribution is 2.27. The molecule has 186 valence electrons. The highest BCUT2D eigenvalue weighted by atomic mass is 16.5. The number of aromatic nitrogens is 4. The lowest BCUT2D eigenvalue weighted by Gasteiger charge is -2.39. The summed E-state index contributed by atoms with van der Waals surface area (Å²) in [5, 5.41) is 1.01. The third-order valence-electron chi connectivity index (χ3n) is 7.18. The Bertz CT molecular complexity index is 1190. The van der Waals surface area contributed by atoms with E-state index in [0.717, 1.165) is 86.2 Å². The van der Waals surface area contributed by atoms with E-state index in [1.165, 1.54) is 0 Å². The summed E-state index contributed by atoms with van der Waals surface area (Å²) in [7, 11) is 2.02. The highest BCUT2D eigenvalue weighted by molar-refractivity contribution is 5.83. The maximum atomic E-state index is 13.4. The maximum absolute atomic E-state index is 13.4. The maximum Gasteiger partial charge on any atom is 0.227 e. The molecule has 2 aromatic heterocycles. The Balaban J connectivity index is 1.22. The molecule has 0 saturated carbocycles. The minimum Gasteiger partial charge on any atom is -0.494 e. The normalized spacial score (nSPS) is 19.3. The van der Waals surface area contributed by atoms with Crippen molar-refractivity contribution in [2.75, 3.05) is 50.8 Å². The molecule has 2 saturated heterocycles. The molecular formula is C26H35N7O2. The molecule has 0 bridgehead atoms. The zero-order valence-electron chi connectivity index (χ0n) is 21.0. The van der Waals surface area contributed by atoms with Gasteiger partial charge in [0.25, 0.3) is 0 Å². The van der Waals surface area contributed by atoms with Crippen molar-refractivity contribution in [3.63, 3.8) is 0 Å². The van der Waals surface area contributed by atoms with Gasteiger partial charge in [0.1, 0.15) is 11.6 Å². The van der Waals surface area contributed by atoms with Crippen molar-refractivity contribution < 1.29 is 9.53 Å². The summed E-state index contributed by atoms with van der Waals surface area (Å²) in [5.74, 6) is 2.88. The van der Waals surface area contributed by atoms with E-state index in [-0.39, 0.29) is 11.8 Å². The molecule has 9 nitrogen and oxygen atoms in total. The third kappa shape index (κ3) is 5.10. The van der Waals surface area contributed by atoms with E-state index >= 15 is 0 Å². The summed E-state index contributed by atoms with van der Waals surface area (Å²) in [4.78, 5) is 34.1. The van der Waals surface area contributed by atoms with Crippen LogP contribution in [0.2, 0.25) is 0 Å². The minimum atomic E-state index is -0.00947. The van der Waals surface area contributed by atoms with Gasteiger partial charge in [0, 0.05) is 64.1 Å². The number of anilines is 1. The van der Waals surface area contributed by atoms with Gasteiger partial charge in [-0.1, -0.05) is 0 Å². The number of aryl methyl sites for hydroxylation is 2. The fraction of sp³-hybridized carbons (Fsp3) is 0.538. The number of rotatable bonds is 6. The zero-order valence-corrected chi connectivity index (χ0v) is 21.0. The fourth-order valence-electron chi connectivity index (χ4n) is 5.14. The van der Waals surface area contributed by atoms with Gasteiger partial charge < -0.3 is 19.1 Å². The van der Waals surface area contributed by atoms with Crippen molar-refractivity contribution >= 4 is 22.8 Å². The SMILES string of the molecule is CCOc1ccc2nc(N3CCCC(C(=O)N4CCN(Cc5nccn5C)CC4)C3)nc(C)c2c1. The van der Waals surface area contributed by atoms with Crippen LogP contribution in [0.25, 0.3) is 10.9 Å². The summed E-state index contributed by atoms with van der Waals surface area (Å²) in [6, 6.07) is 5.96. The molecule has 9 heteroatoms. The number of benzene rings is 1. The molecule has 0 spiro atoms. The van der Waals surface area contributed by atoms with Crippen LogP contribution in [-0.2, 0) is 18.4 Å². The molecule has 2 aliphatic heterocycles. The molecule has 35 heavy (non-hydrogen) atoms. The number of amides is 1. The molecule has 1 amide bonds. The fourth-order valence-corrected chi connectivity index (χ4v) is 5.14. The first-order valence-electron chi connectivity index (χ1n) is 12.7. The topological polar surface area (TPSA) is 79.6 Å². The van der Waals surface area contributed by atoms with Crippen LogP contribution >= 0.6 is 0 Å². The molecule has 5 rings (SSSR count). The molecule has 1 atom stereocenters. The zero-order chi connectivity index (χ0) is 24.4. The van der Waals surface area contributed by atoms with E-state index in [4.69, 9.17) is 14.7 Å². The molecule has 2 aliphatic rings. The summed E-state index contributed by atoms with van der Waals surface area (Å²) >= 11 is 0. The van der Waals surface area contributed by atoms with Crippen molar-refractivity contribution in [1.29, 1.82) is 0 Å². The molecule has 1 aromatic carbocycles. The van der Waals surface area contributed by atoms with E-state index in [9.17, 15) is 4.79 Å². The molecule has 1 unspecified atom stereocenters. The van der Waals surface area contributed by atoms with Crippen molar-refractivity contribution in [3.05, 3.63) is 42.1 Å². The predicted molar refractivity (Wildman–Crippen MR) is 135 cm³/mol. The van der Waals surface area contributed by atoms with Gasteiger partial charge in [0.15, 0.2) is 0 Å². The molecule has 0 aliphatic carbocycles. The molecule has 2 fully saturated rings. The van der Waals surface area contributed by atoms with Gasteiger partial charge in [-0.3, -0.25) is 9.69 Å². The van der Waals surface area contributed by atoms with Gasteiger partial charge in [0.2, 0.25) is 11.9 Å². The van der Waals surface area contributed by atoms with Crippen molar-refractivity contribution in [2.45, 2.75) is 33.2 Å². The molecular weight excluding hydrogens is 442 g/mol. The standard InChI is InChI=1S/C26H35N7O2/c1-4-35-21-7-8-23-22(16-21)19(2)28-26(29-23)33-10-5-6-20(17-33)25(34)32-14-12-31(13-15-32)18-24-27-9-11-30(24)3/h7-9,11,16,20H,4-6,10,12-15,17-18H2,1-3H3. The summed E-state index contributed by atoms with van der Waals surface area (Å²) < 4.78 is 7.69. The Morgan fingerprint density at radius 3 is 2.71 bits per heavy atom. The second kappa shape index (κ2) is 10.2. The largest absolute Gasteiger partial charge is 0.494 e. The van der Waals surface area contributed by atoms with Crippen molar-refractivity contribution in [2.24, 2.45) is 13.0 Å². The Kier molecular flexibility index (Phi) is 6.86. The number of piperazine rings is 1. The number of hydrogen-bond acceptors (Lipinski definition) is 7. The number of carbonyl (C=O) groups is 1. The van der Waals surface area contributed by atoms with Gasteiger partial charge >= 0.3 is 0 Å². The lowest BCUT2D eigenvalue weighted by atomic mass is 9.96. The first-order valence-corrected chi connectivity index (χ1v) is 12.7. The number of piperidine rings is 1. The average Bonchev–Trinajstić information content (AvgIpc) is 3.28. The van der Waals surface area contributed by atoms with E-state index in [1.54, 1.807) is 0 Å². The van der Waals surface area contributed by atoms with Crippen LogP contribution < -0.4 is 9.64 Å². The number of fused-ring (bicyclic) bond motifs is 1. The van der Waals surface area contributed by atoms with Crippen molar-refractivity contribution in [3.8, 4) is 5.75 Å². The summed E-state index contributed by atoms with van der Waals surface area (Å²) in [5.41, 5.74) is 1.84. The molecule has 0 N–H and O–H groups in total. The Labute approximate surface area is 206 Å². The number of carbonyl (C=O) groups excluding carboxylic acids is 1. The lowest BCUT2D eigenvalue weighted by molar-refractivity contribution is -0.137. The third-order valence-corrected chi connectivity index (χ3v) is 7.18. The van der Waals surface area contributed by atoms with Crippen LogP contribution in [-0.4, -0.2) is 81.1 Å². The molecule has 3 aromatic rings. The van der Waals surface area contributed by atoms with E-state index in [2.05, 4.69) is 19.4 Å². The summed E-state index contributed by atoms with van der Waals surface area (Å²) in [6.07, 6.45) is 5.71. The van der Waals surface area contributed by atoms with Gasteiger partial charge in [0.05, 0.1) is 30.3 Å². The smallest absolute Gasteiger partial charge is 0.227 e. The van der Waals surface area contributed by atoms with Crippen LogP contribution in [0, 0.1) is 12.8 Å². The molecule has 4 heterocycles. The monoisotopic (exact) mass is 477 g/mol. The van der Waals surface area contributed by atoms with E-state index in [0.29, 0.717) is 13.2 Å². The van der Waals surface area contributed by atoms with Gasteiger partial charge in [-0.15, -0.1) is 0 Å². The van der Waals surface area contributed by atoms with Gasteiger partial charge in [-0.25, -0.2) is 15.0 Å². The number of ether oxygens (including phenoxy) is 1. The highest BCUT2D eigenvalue weighted by Gasteiger charge is 2.32. The van der Waals surface area contributed by atoms with E-state index in [1.807, 2.05) is 56.4 Å². The van der Waals surface area contributed by atoms with Crippen LogP contribution in [0.15, 0.2) is 30.6 Å². The first kappa shape index (κ1) is 23.5. The van der Waals surface area contributed by atoms with E-state index < -0.39 is 0 Å². The van der Waals surface area contributed by atoms with Crippen molar-refractivity contribution in [1.82, 2.24) is 29.3 Å². The second-order valence-electron chi connectivity index (χ2n) is 9.56. The van der Waals surface area contributed by atoms with Crippen LogP contribution in [0.3, 0.4) is 0 Å². The number of nitrogens with zero attached hydrogens (tertiary/aromatic N) is 7. The minimum absolute atomic E-state index is 0.00947. The van der Waals surface area contributed by atoms with Gasteiger partial charge in [-0.2, -0.15) is 0 Å². The first-order chi connectivity index (χ1) is 17.0. The average molecular weight is 478 g/mol. The second-order valence-corrected chi connectivity index (χ2v) is 9.56. The number of imidazole rings is 1. The summed E-state index contributed by atoms with van der Waals surface area (Å²) in [6.45, 7) is 10.3. The Morgan fingerprint density at radius 2 is 1.97 bits per heavy atom. The molecule has 0 radical (unpaired) electrons. The quantitative estimate of drug-likeness (QED) is 0.540. The van der Waals surface area contributed by atoms with Crippen LogP contribution in [0.4, 0.5) is 5.95 Å².